The van der Waals surface area contributed by atoms with Crippen molar-refractivity contribution in [3.05, 3.63) is 58.9 Å². The van der Waals surface area contributed by atoms with Gasteiger partial charge >= 0.3 is 0 Å². The normalized spacial score (nSPS) is 11.0. The third kappa shape index (κ3) is 5.32. The van der Waals surface area contributed by atoms with Crippen molar-refractivity contribution in [2.75, 3.05) is 31.1 Å². The molecule has 2 aromatic carbocycles. The van der Waals surface area contributed by atoms with Crippen LogP contribution in [0.5, 0.6) is 0 Å². The van der Waals surface area contributed by atoms with Crippen molar-refractivity contribution in [2.45, 2.75) is 27.7 Å². The van der Waals surface area contributed by atoms with Gasteiger partial charge in [-0.3, -0.25) is 9.69 Å². The summed E-state index contributed by atoms with van der Waals surface area (Å²) in [6, 6.07) is 10.0. The number of hydrogen-bond acceptors (Lipinski definition) is 4. The van der Waals surface area contributed by atoms with Gasteiger partial charge in [0.1, 0.15) is 5.82 Å². The Balaban J connectivity index is 0.00000300. The standard InChI is InChI=1S/C22H26FN3OS.ClH/c1-5-25(6-2)10-11-26(21(27)17-8-7-9-18(23)14-17)22-24-19-13-15(3)12-16(4)20(19)28-22;/h7-9,12-14H,5-6,10-11H2,1-4H3;1H. The molecule has 1 amide bonds. The molecule has 4 nitrogen and oxygen atoms in total. The Kier molecular flexibility index (Phi) is 8.14. The van der Waals surface area contributed by atoms with E-state index in [1.54, 1.807) is 17.0 Å². The lowest BCUT2D eigenvalue weighted by atomic mass is 10.1. The minimum Gasteiger partial charge on any atom is -0.302 e. The molecule has 156 valence electrons. The van der Waals surface area contributed by atoms with Crippen LogP contribution in [0.2, 0.25) is 0 Å². The van der Waals surface area contributed by atoms with E-state index < -0.39 is 5.82 Å². The number of nitrogens with zero attached hydrogens (tertiary/aromatic N) is 3. The van der Waals surface area contributed by atoms with Crippen LogP contribution in [0, 0.1) is 19.7 Å². The molecule has 0 aliphatic heterocycles. The van der Waals surface area contributed by atoms with Gasteiger partial charge in [0.05, 0.1) is 10.2 Å². The Hall–Kier alpha value is -2.02. The maximum absolute atomic E-state index is 13.7. The third-order valence-corrected chi connectivity index (χ3v) is 6.12. The van der Waals surface area contributed by atoms with Crippen LogP contribution in [0.3, 0.4) is 0 Å². The zero-order valence-electron chi connectivity index (χ0n) is 17.2. The molecule has 0 saturated heterocycles. The van der Waals surface area contributed by atoms with E-state index in [0.29, 0.717) is 17.2 Å². The van der Waals surface area contributed by atoms with Gasteiger partial charge in [0.2, 0.25) is 0 Å². The number of thiazole rings is 1. The van der Waals surface area contributed by atoms with E-state index in [4.69, 9.17) is 4.98 Å². The highest BCUT2D eigenvalue weighted by atomic mass is 35.5. The zero-order chi connectivity index (χ0) is 20.3. The number of hydrogen-bond donors (Lipinski definition) is 0. The minimum absolute atomic E-state index is 0. The molecule has 3 aromatic rings. The fraction of sp³-hybridized carbons (Fsp3) is 0.364. The lowest BCUT2D eigenvalue weighted by Crippen LogP contribution is -2.38. The third-order valence-electron chi connectivity index (χ3n) is 4.89. The van der Waals surface area contributed by atoms with Gasteiger partial charge in [-0.05, 0) is 62.3 Å². The second-order valence-corrected chi connectivity index (χ2v) is 7.90. The molecule has 7 heteroatoms. The Morgan fingerprint density at radius 1 is 1.10 bits per heavy atom. The molecule has 3 rings (SSSR count). The van der Waals surface area contributed by atoms with Crippen LogP contribution >= 0.6 is 23.7 Å². The number of amides is 1. The molecule has 0 spiro atoms. The topological polar surface area (TPSA) is 36.4 Å². The van der Waals surface area contributed by atoms with Gasteiger partial charge < -0.3 is 4.90 Å². The summed E-state index contributed by atoms with van der Waals surface area (Å²) in [4.78, 5) is 21.9. The van der Waals surface area contributed by atoms with E-state index in [1.165, 1.54) is 23.5 Å². The molecule has 29 heavy (non-hydrogen) atoms. The number of fused-ring (bicyclic) bond motifs is 1. The summed E-state index contributed by atoms with van der Waals surface area (Å²) < 4.78 is 14.8. The predicted molar refractivity (Wildman–Crippen MR) is 122 cm³/mol. The van der Waals surface area contributed by atoms with Gasteiger partial charge in [0, 0.05) is 18.7 Å². The molecule has 1 aromatic heterocycles. The highest BCUT2D eigenvalue weighted by Crippen LogP contribution is 2.32. The fourth-order valence-corrected chi connectivity index (χ4v) is 4.36. The summed E-state index contributed by atoms with van der Waals surface area (Å²) >= 11 is 1.52. The number of anilines is 1. The molecule has 1 heterocycles. The molecular weight excluding hydrogens is 409 g/mol. The monoisotopic (exact) mass is 435 g/mol. The first kappa shape index (κ1) is 23.3. The molecule has 0 unspecified atom stereocenters. The number of benzene rings is 2. The summed E-state index contributed by atoms with van der Waals surface area (Å²) in [6.45, 7) is 11.4. The van der Waals surface area contributed by atoms with Gasteiger partial charge in [-0.2, -0.15) is 0 Å². The van der Waals surface area contributed by atoms with Gasteiger partial charge in [-0.1, -0.05) is 37.3 Å². The summed E-state index contributed by atoms with van der Waals surface area (Å²) in [5.74, 6) is -0.634. The first-order chi connectivity index (χ1) is 13.4. The zero-order valence-corrected chi connectivity index (χ0v) is 18.9. The van der Waals surface area contributed by atoms with Crippen LogP contribution in [0.25, 0.3) is 10.2 Å². The molecule has 0 fully saturated rings. The molecule has 0 bridgehead atoms. The van der Waals surface area contributed by atoms with Gasteiger partial charge in [0.25, 0.3) is 5.91 Å². The summed E-state index contributed by atoms with van der Waals surface area (Å²) in [5, 5.41) is 0.658. The largest absolute Gasteiger partial charge is 0.302 e. The van der Waals surface area contributed by atoms with Crippen LogP contribution in [0.4, 0.5) is 9.52 Å². The number of carbonyl (C=O) groups is 1. The molecule has 0 N–H and O–H groups in total. The maximum Gasteiger partial charge on any atom is 0.260 e. The Morgan fingerprint density at radius 2 is 1.83 bits per heavy atom. The second kappa shape index (κ2) is 10.1. The van der Waals surface area contributed by atoms with Crippen LogP contribution in [0.15, 0.2) is 36.4 Å². The van der Waals surface area contributed by atoms with Crippen molar-refractivity contribution in [3.63, 3.8) is 0 Å². The lowest BCUT2D eigenvalue weighted by molar-refractivity contribution is 0.0983. The summed E-state index contributed by atoms with van der Waals surface area (Å²) in [6.07, 6.45) is 0. The lowest BCUT2D eigenvalue weighted by Gasteiger charge is -2.24. The fourth-order valence-electron chi connectivity index (χ4n) is 3.32. The molecule has 0 radical (unpaired) electrons. The number of aryl methyl sites for hydroxylation is 2. The van der Waals surface area contributed by atoms with E-state index in [1.807, 2.05) is 13.0 Å². The van der Waals surface area contributed by atoms with E-state index in [-0.39, 0.29) is 18.3 Å². The van der Waals surface area contributed by atoms with Gasteiger partial charge in [-0.25, -0.2) is 9.37 Å². The second-order valence-electron chi connectivity index (χ2n) is 6.92. The van der Waals surface area contributed by atoms with Crippen LogP contribution in [0.1, 0.15) is 35.3 Å². The van der Waals surface area contributed by atoms with Crippen molar-refractivity contribution >= 4 is 45.0 Å². The Labute approximate surface area is 181 Å². The minimum atomic E-state index is -0.412. The van der Waals surface area contributed by atoms with E-state index in [9.17, 15) is 9.18 Å². The number of likely N-dealkylation sites (N-methyl/N-ethyl adjacent to an activating group) is 1. The number of rotatable bonds is 7. The molecule has 0 aliphatic carbocycles. The average Bonchev–Trinajstić information content (AvgIpc) is 3.09. The van der Waals surface area contributed by atoms with Crippen molar-refractivity contribution in [3.8, 4) is 0 Å². The highest BCUT2D eigenvalue weighted by molar-refractivity contribution is 7.22. The van der Waals surface area contributed by atoms with Crippen molar-refractivity contribution < 1.29 is 9.18 Å². The average molecular weight is 436 g/mol. The first-order valence-electron chi connectivity index (χ1n) is 9.60. The van der Waals surface area contributed by atoms with Crippen molar-refractivity contribution in [2.24, 2.45) is 0 Å². The van der Waals surface area contributed by atoms with Gasteiger partial charge in [0.15, 0.2) is 5.13 Å². The van der Waals surface area contributed by atoms with E-state index in [2.05, 4.69) is 31.7 Å². The molecule has 0 saturated carbocycles. The molecule has 0 aliphatic rings. The molecule has 0 atom stereocenters. The Morgan fingerprint density at radius 3 is 2.48 bits per heavy atom. The summed E-state index contributed by atoms with van der Waals surface area (Å²) in [5.41, 5.74) is 3.54. The highest BCUT2D eigenvalue weighted by Gasteiger charge is 2.22. The van der Waals surface area contributed by atoms with Crippen LogP contribution < -0.4 is 4.90 Å². The summed E-state index contributed by atoms with van der Waals surface area (Å²) in [7, 11) is 0. The van der Waals surface area contributed by atoms with Crippen molar-refractivity contribution in [1.82, 2.24) is 9.88 Å². The number of carbonyl (C=O) groups excluding carboxylic acids is 1. The van der Waals surface area contributed by atoms with Crippen LogP contribution in [-0.2, 0) is 0 Å². The number of halogens is 2. The van der Waals surface area contributed by atoms with E-state index >= 15 is 0 Å². The Bertz CT molecular complexity index is 987. The maximum atomic E-state index is 13.7. The van der Waals surface area contributed by atoms with Crippen LogP contribution in [-0.4, -0.2) is 42.0 Å². The predicted octanol–water partition coefficient (Wildman–Crippen LogP) is 5.46. The first-order valence-corrected chi connectivity index (χ1v) is 10.4. The SMILES string of the molecule is CCN(CC)CCN(C(=O)c1cccc(F)c1)c1nc2cc(C)cc(C)c2s1.Cl. The van der Waals surface area contributed by atoms with Crippen molar-refractivity contribution in [1.29, 1.82) is 0 Å². The quantitative estimate of drug-likeness (QED) is 0.494. The smallest absolute Gasteiger partial charge is 0.260 e. The van der Waals surface area contributed by atoms with E-state index in [0.717, 1.165) is 41.0 Å². The van der Waals surface area contributed by atoms with Gasteiger partial charge in [-0.15, -0.1) is 12.4 Å². The molecular formula is C22H27ClFN3OS. The number of aromatic nitrogens is 1.